The second kappa shape index (κ2) is 6.66. The van der Waals surface area contributed by atoms with Gasteiger partial charge in [-0.25, -0.2) is 4.98 Å². The number of nitrogen functional groups attached to an aromatic ring is 1. The van der Waals surface area contributed by atoms with E-state index < -0.39 is 0 Å². The van der Waals surface area contributed by atoms with Crippen molar-refractivity contribution in [2.45, 2.75) is 6.92 Å². The Labute approximate surface area is 133 Å². The van der Waals surface area contributed by atoms with Crippen LogP contribution >= 0.6 is 0 Å². The Hall–Kier alpha value is -3.27. The van der Waals surface area contributed by atoms with Gasteiger partial charge in [-0.2, -0.15) is 5.26 Å². The predicted molar refractivity (Wildman–Crippen MR) is 86.2 cm³/mol. The van der Waals surface area contributed by atoms with Gasteiger partial charge in [-0.1, -0.05) is 0 Å². The van der Waals surface area contributed by atoms with Crippen LogP contribution in [0.5, 0.6) is 11.5 Å². The van der Waals surface area contributed by atoms with Crippen molar-refractivity contribution in [3.8, 4) is 28.8 Å². The number of nitriles is 1. The van der Waals surface area contributed by atoms with E-state index in [-0.39, 0.29) is 23.0 Å². The zero-order valence-corrected chi connectivity index (χ0v) is 13.0. The van der Waals surface area contributed by atoms with Gasteiger partial charge < -0.3 is 20.5 Å². The SMILES string of the molecule is COc1ccc(-c2nc(NC(C)=O)cc(N)c2C#N)c(OC)c1. The third kappa shape index (κ3) is 3.32. The fraction of sp³-hybridized carbons (Fsp3) is 0.188. The van der Waals surface area contributed by atoms with E-state index in [1.165, 1.54) is 20.1 Å². The summed E-state index contributed by atoms with van der Waals surface area (Å²) in [4.78, 5) is 15.6. The Morgan fingerprint density at radius 1 is 1.30 bits per heavy atom. The first-order valence-corrected chi connectivity index (χ1v) is 6.70. The number of aromatic nitrogens is 1. The maximum atomic E-state index is 11.2. The van der Waals surface area contributed by atoms with Gasteiger partial charge in [0.1, 0.15) is 28.9 Å². The lowest BCUT2D eigenvalue weighted by atomic mass is 10.0. The van der Waals surface area contributed by atoms with Gasteiger partial charge in [0.2, 0.25) is 5.91 Å². The van der Waals surface area contributed by atoms with E-state index in [1.807, 2.05) is 6.07 Å². The monoisotopic (exact) mass is 312 g/mol. The highest BCUT2D eigenvalue weighted by molar-refractivity contribution is 5.90. The van der Waals surface area contributed by atoms with Crippen molar-refractivity contribution in [3.63, 3.8) is 0 Å². The normalized spacial score (nSPS) is 9.83. The highest BCUT2D eigenvalue weighted by atomic mass is 16.5. The Kier molecular flexibility index (Phi) is 4.66. The van der Waals surface area contributed by atoms with Crippen molar-refractivity contribution < 1.29 is 14.3 Å². The van der Waals surface area contributed by atoms with Crippen molar-refractivity contribution in [3.05, 3.63) is 29.8 Å². The lowest BCUT2D eigenvalue weighted by molar-refractivity contribution is -0.114. The molecule has 7 heteroatoms. The minimum Gasteiger partial charge on any atom is -0.497 e. The maximum Gasteiger partial charge on any atom is 0.222 e. The molecule has 2 aromatic rings. The molecule has 118 valence electrons. The van der Waals surface area contributed by atoms with Crippen LogP contribution in [0.2, 0.25) is 0 Å². The summed E-state index contributed by atoms with van der Waals surface area (Å²) in [6, 6.07) is 8.60. The number of hydrogen-bond acceptors (Lipinski definition) is 6. The standard InChI is InChI=1S/C16H16N4O3/c1-9(21)19-15-7-13(18)12(8-17)16(20-15)11-5-4-10(22-2)6-14(11)23-3/h4-7H,1-3H3,(H3,18,19,20,21). The van der Waals surface area contributed by atoms with Gasteiger partial charge >= 0.3 is 0 Å². The zero-order valence-electron chi connectivity index (χ0n) is 13.0. The van der Waals surface area contributed by atoms with Crippen LogP contribution in [-0.4, -0.2) is 25.1 Å². The number of rotatable bonds is 4. The summed E-state index contributed by atoms with van der Waals surface area (Å²) < 4.78 is 10.5. The van der Waals surface area contributed by atoms with Crippen molar-refractivity contribution >= 4 is 17.4 Å². The quantitative estimate of drug-likeness (QED) is 0.895. The van der Waals surface area contributed by atoms with Gasteiger partial charge in [0, 0.05) is 24.6 Å². The number of nitrogens with zero attached hydrogens (tertiary/aromatic N) is 2. The number of nitrogens with one attached hydrogen (secondary N) is 1. The summed E-state index contributed by atoms with van der Waals surface area (Å²) in [6.45, 7) is 1.36. The summed E-state index contributed by atoms with van der Waals surface area (Å²) in [5.41, 5.74) is 7.25. The molecule has 0 unspecified atom stereocenters. The van der Waals surface area contributed by atoms with Crippen molar-refractivity contribution in [1.29, 1.82) is 5.26 Å². The average molecular weight is 312 g/mol. The number of amides is 1. The smallest absolute Gasteiger partial charge is 0.222 e. The fourth-order valence-electron chi connectivity index (χ4n) is 2.12. The Morgan fingerprint density at radius 3 is 2.61 bits per heavy atom. The van der Waals surface area contributed by atoms with E-state index in [0.717, 1.165) is 0 Å². The number of benzene rings is 1. The predicted octanol–water partition coefficient (Wildman–Crippen LogP) is 2.18. The van der Waals surface area contributed by atoms with Gasteiger partial charge in [0.05, 0.1) is 25.6 Å². The third-order valence-corrected chi connectivity index (χ3v) is 3.13. The van der Waals surface area contributed by atoms with E-state index in [2.05, 4.69) is 10.3 Å². The van der Waals surface area contributed by atoms with Crippen LogP contribution in [0, 0.1) is 11.3 Å². The van der Waals surface area contributed by atoms with Gasteiger partial charge in [-0.3, -0.25) is 4.79 Å². The molecule has 0 fully saturated rings. The summed E-state index contributed by atoms with van der Waals surface area (Å²) in [5, 5.41) is 11.9. The second-order valence-electron chi connectivity index (χ2n) is 4.68. The molecule has 0 spiro atoms. The number of carbonyl (C=O) groups excluding carboxylic acids is 1. The minimum absolute atomic E-state index is 0.211. The third-order valence-electron chi connectivity index (χ3n) is 3.13. The molecule has 0 radical (unpaired) electrons. The summed E-state index contributed by atoms with van der Waals surface area (Å²) in [5.74, 6) is 1.07. The molecule has 0 saturated heterocycles. The highest BCUT2D eigenvalue weighted by Crippen LogP contribution is 2.36. The number of nitrogens with two attached hydrogens (primary N) is 1. The van der Waals surface area contributed by atoms with Crippen LogP contribution in [0.15, 0.2) is 24.3 Å². The maximum absolute atomic E-state index is 11.2. The van der Waals surface area contributed by atoms with Crippen LogP contribution in [-0.2, 0) is 4.79 Å². The lowest BCUT2D eigenvalue weighted by Crippen LogP contribution is -2.09. The fourth-order valence-corrected chi connectivity index (χ4v) is 2.12. The van der Waals surface area contributed by atoms with E-state index in [9.17, 15) is 10.1 Å². The molecule has 0 aliphatic heterocycles. The molecule has 0 aliphatic rings. The summed E-state index contributed by atoms with van der Waals surface area (Å²) >= 11 is 0. The second-order valence-corrected chi connectivity index (χ2v) is 4.68. The highest BCUT2D eigenvalue weighted by Gasteiger charge is 2.17. The lowest BCUT2D eigenvalue weighted by Gasteiger charge is -2.13. The van der Waals surface area contributed by atoms with Crippen LogP contribution in [0.4, 0.5) is 11.5 Å². The van der Waals surface area contributed by atoms with E-state index in [4.69, 9.17) is 15.2 Å². The number of anilines is 2. The molecule has 2 rings (SSSR count). The Morgan fingerprint density at radius 2 is 2.04 bits per heavy atom. The Bertz CT molecular complexity index is 797. The molecule has 0 saturated carbocycles. The number of pyridine rings is 1. The van der Waals surface area contributed by atoms with Crippen molar-refractivity contribution in [2.24, 2.45) is 0 Å². The number of methoxy groups -OCH3 is 2. The molecule has 3 N–H and O–H groups in total. The molecule has 0 atom stereocenters. The van der Waals surface area contributed by atoms with Crippen LogP contribution < -0.4 is 20.5 Å². The molecule has 1 amide bonds. The van der Waals surface area contributed by atoms with E-state index in [0.29, 0.717) is 22.8 Å². The molecule has 1 aromatic heterocycles. The topological polar surface area (TPSA) is 110 Å². The van der Waals surface area contributed by atoms with Crippen LogP contribution in [0.25, 0.3) is 11.3 Å². The molecular weight excluding hydrogens is 296 g/mol. The first kappa shape index (κ1) is 16.1. The van der Waals surface area contributed by atoms with Crippen molar-refractivity contribution in [1.82, 2.24) is 4.98 Å². The summed E-state index contributed by atoms with van der Waals surface area (Å²) in [7, 11) is 3.05. The zero-order chi connectivity index (χ0) is 17.0. The minimum atomic E-state index is -0.283. The number of carbonyl (C=O) groups is 1. The number of ether oxygens (including phenoxy) is 2. The molecule has 0 bridgehead atoms. The molecular formula is C16H16N4O3. The van der Waals surface area contributed by atoms with E-state index >= 15 is 0 Å². The summed E-state index contributed by atoms with van der Waals surface area (Å²) in [6.07, 6.45) is 0. The van der Waals surface area contributed by atoms with E-state index in [1.54, 1.807) is 25.3 Å². The van der Waals surface area contributed by atoms with Gasteiger partial charge in [-0.15, -0.1) is 0 Å². The average Bonchev–Trinajstić information content (AvgIpc) is 2.53. The first-order chi connectivity index (χ1) is 11.0. The molecule has 23 heavy (non-hydrogen) atoms. The molecule has 0 aliphatic carbocycles. The van der Waals surface area contributed by atoms with Crippen LogP contribution in [0.1, 0.15) is 12.5 Å². The molecule has 1 heterocycles. The van der Waals surface area contributed by atoms with Gasteiger partial charge in [0.25, 0.3) is 0 Å². The Balaban J connectivity index is 2.68. The molecule has 7 nitrogen and oxygen atoms in total. The van der Waals surface area contributed by atoms with Gasteiger partial charge in [-0.05, 0) is 12.1 Å². The largest absolute Gasteiger partial charge is 0.497 e. The van der Waals surface area contributed by atoms with Crippen molar-refractivity contribution in [2.75, 3.05) is 25.3 Å². The molecule has 1 aromatic carbocycles. The van der Waals surface area contributed by atoms with Crippen LogP contribution in [0.3, 0.4) is 0 Å². The number of hydrogen-bond donors (Lipinski definition) is 2. The first-order valence-electron chi connectivity index (χ1n) is 6.70. The van der Waals surface area contributed by atoms with Gasteiger partial charge in [0.15, 0.2) is 0 Å².